The number of carbonyl (C=O) groups excluding carboxylic acids is 1. The molecule has 0 radical (unpaired) electrons. The number of hydrogen-bond acceptors (Lipinski definition) is 1. The summed E-state index contributed by atoms with van der Waals surface area (Å²) in [5.74, 6) is 0.0489. The predicted octanol–water partition coefficient (Wildman–Crippen LogP) is 3.66. The van der Waals surface area contributed by atoms with Crippen molar-refractivity contribution >= 4 is 28.2 Å². The second-order valence-electron chi connectivity index (χ2n) is 4.68. The van der Waals surface area contributed by atoms with E-state index in [-0.39, 0.29) is 5.78 Å². The van der Waals surface area contributed by atoms with E-state index in [1.807, 2.05) is 41.2 Å². The van der Waals surface area contributed by atoms with Crippen LogP contribution >= 0.6 is 11.6 Å². The Morgan fingerprint density at radius 3 is 2.60 bits per heavy atom. The van der Waals surface area contributed by atoms with Crippen molar-refractivity contribution in [2.24, 2.45) is 0 Å². The Kier molecular flexibility index (Phi) is 3.48. The first-order valence-electron chi connectivity index (χ1n) is 6.39. The van der Waals surface area contributed by atoms with Gasteiger partial charge in [-0.3, -0.25) is 4.79 Å². The summed E-state index contributed by atoms with van der Waals surface area (Å²) in [5.41, 5.74) is 0.637. The monoisotopic (exact) mass is 282 g/mol. The van der Waals surface area contributed by atoms with Crippen LogP contribution in [0.1, 0.15) is 10.4 Å². The summed E-state index contributed by atoms with van der Waals surface area (Å²) in [6.07, 6.45) is 3.91. The molecule has 3 aromatic rings. The average Bonchev–Trinajstić information content (AvgIpc) is 2.47. The third-order valence-electron chi connectivity index (χ3n) is 3.22. The van der Waals surface area contributed by atoms with Gasteiger partial charge in [0.05, 0.1) is 0 Å². The van der Waals surface area contributed by atoms with E-state index >= 15 is 0 Å². The molecule has 2 nitrogen and oxygen atoms in total. The number of fused-ring (bicyclic) bond motifs is 1. The van der Waals surface area contributed by atoms with Crippen molar-refractivity contribution in [1.29, 1.82) is 0 Å². The van der Waals surface area contributed by atoms with E-state index < -0.39 is 0 Å². The van der Waals surface area contributed by atoms with Crippen molar-refractivity contribution in [2.45, 2.75) is 6.54 Å². The lowest BCUT2D eigenvalue weighted by Gasteiger charge is -2.00. The molecule has 0 aliphatic carbocycles. The first kappa shape index (κ1) is 12.8. The Hall–Kier alpha value is -2.19. The first-order chi connectivity index (χ1) is 9.72. The molecule has 20 heavy (non-hydrogen) atoms. The Labute approximate surface area is 122 Å². The standard InChI is InChI=1S/C17H13ClNO/c18-16-7-3-6-14(10-16)17(20)12-19-9-8-13-4-1-2-5-15(13)11-19/h1-11H,12H2/q+1. The van der Waals surface area contributed by atoms with Crippen LogP contribution in [0.4, 0.5) is 0 Å². The minimum absolute atomic E-state index is 0.0489. The first-order valence-corrected chi connectivity index (χ1v) is 6.77. The predicted molar refractivity (Wildman–Crippen MR) is 79.9 cm³/mol. The van der Waals surface area contributed by atoms with Crippen molar-refractivity contribution in [3.05, 3.63) is 77.6 Å². The van der Waals surface area contributed by atoms with Crippen molar-refractivity contribution in [3.8, 4) is 0 Å². The molecular weight excluding hydrogens is 270 g/mol. The van der Waals surface area contributed by atoms with E-state index in [2.05, 4.69) is 6.07 Å². The van der Waals surface area contributed by atoms with Crippen molar-refractivity contribution in [3.63, 3.8) is 0 Å². The minimum atomic E-state index is 0.0489. The number of hydrogen-bond donors (Lipinski definition) is 0. The Balaban J connectivity index is 1.87. The molecule has 0 fully saturated rings. The molecule has 0 N–H and O–H groups in total. The van der Waals surface area contributed by atoms with Crippen LogP contribution in [0.3, 0.4) is 0 Å². The smallest absolute Gasteiger partial charge is 0.227 e. The minimum Gasteiger partial charge on any atom is -0.287 e. The number of carbonyl (C=O) groups is 1. The van der Waals surface area contributed by atoms with Gasteiger partial charge in [0.15, 0.2) is 12.4 Å². The molecule has 3 heteroatoms. The van der Waals surface area contributed by atoms with Gasteiger partial charge in [0.2, 0.25) is 12.3 Å². The number of nitrogens with zero attached hydrogens (tertiary/aromatic N) is 1. The number of benzene rings is 2. The fraction of sp³-hybridized carbons (Fsp3) is 0.0588. The van der Waals surface area contributed by atoms with Gasteiger partial charge in [-0.2, -0.15) is 4.57 Å². The lowest BCUT2D eigenvalue weighted by atomic mass is 10.1. The molecule has 0 saturated carbocycles. The van der Waals surface area contributed by atoms with Gasteiger partial charge < -0.3 is 0 Å². The summed E-state index contributed by atoms with van der Waals surface area (Å²) in [4.78, 5) is 12.2. The number of pyridine rings is 1. The molecule has 0 amide bonds. The maximum atomic E-state index is 12.2. The van der Waals surface area contributed by atoms with Gasteiger partial charge >= 0.3 is 0 Å². The topological polar surface area (TPSA) is 20.9 Å². The summed E-state index contributed by atoms with van der Waals surface area (Å²) >= 11 is 5.91. The SMILES string of the molecule is O=C(C[n+]1ccc2ccccc2c1)c1cccc(Cl)c1. The normalized spacial score (nSPS) is 10.7. The van der Waals surface area contributed by atoms with Crippen LogP contribution < -0.4 is 4.57 Å². The number of Topliss-reactive ketones (excluding diaryl/α,β-unsaturated/α-hetero) is 1. The number of halogens is 1. The van der Waals surface area contributed by atoms with E-state index in [9.17, 15) is 4.79 Å². The molecule has 3 rings (SSSR count). The molecule has 0 spiro atoms. The van der Waals surface area contributed by atoms with Crippen molar-refractivity contribution in [2.75, 3.05) is 0 Å². The highest BCUT2D eigenvalue weighted by molar-refractivity contribution is 6.30. The second kappa shape index (κ2) is 5.43. The van der Waals surface area contributed by atoms with Crippen LogP contribution in [-0.2, 0) is 6.54 Å². The number of ketones is 1. The molecule has 2 aromatic carbocycles. The number of aromatic nitrogens is 1. The summed E-state index contributed by atoms with van der Waals surface area (Å²) in [6.45, 7) is 0.311. The van der Waals surface area contributed by atoms with Crippen LogP contribution in [0.2, 0.25) is 5.02 Å². The fourth-order valence-corrected chi connectivity index (χ4v) is 2.39. The van der Waals surface area contributed by atoms with Crippen LogP contribution in [0.15, 0.2) is 67.0 Å². The van der Waals surface area contributed by atoms with E-state index in [0.717, 1.165) is 5.39 Å². The highest BCUT2D eigenvalue weighted by Gasteiger charge is 2.12. The van der Waals surface area contributed by atoms with Gasteiger partial charge in [-0.05, 0) is 23.6 Å². The Morgan fingerprint density at radius 2 is 1.80 bits per heavy atom. The zero-order chi connectivity index (χ0) is 13.9. The van der Waals surface area contributed by atoms with Gasteiger partial charge in [-0.15, -0.1) is 0 Å². The van der Waals surface area contributed by atoms with Crippen LogP contribution in [-0.4, -0.2) is 5.78 Å². The van der Waals surface area contributed by atoms with Gasteiger partial charge in [-0.25, -0.2) is 0 Å². The van der Waals surface area contributed by atoms with Gasteiger partial charge in [0.25, 0.3) is 0 Å². The maximum Gasteiger partial charge on any atom is 0.227 e. The van der Waals surface area contributed by atoms with E-state index in [1.54, 1.807) is 24.3 Å². The van der Waals surface area contributed by atoms with Crippen molar-refractivity contribution < 1.29 is 9.36 Å². The van der Waals surface area contributed by atoms with Crippen LogP contribution in [0, 0.1) is 0 Å². The van der Waals surface area contributed by atoms with E-state index in [4.69, 9.17) is 11.6 Å². The molecule has 0 atom stereocenters. The molecule has 0 unspecified atom stereocenters. The Morgan fingerprint density at radius 1 is 1.00 bits per heavy atom. The molecule has 0 bridgehead atoms. The second-order valence-corrected chi connectivity index (χ2v) is 5.12. The summed E-state index contributed by atoms with van der Waals surface area (Å²) in [7, 11) is 0. The maximum absolute atomic E-state index is 12.2. The van der Waals surface area contributed by atoms with Gasteiger partial charge in [0, 0.05) is 22.0 Å². The number of rotatable bonds is 3. The molecule has 1 heterocycles. The quantitative estimate of drug-likeness (QED) is 0.530. The van der Waals surface area contributed by atoms with Gasteiger partial charge in [0.1, 0.15) is 0 Å². The molecule has 1 aromatic heterocycles. The molecule has 98 valence electrons. The van der Waals surface area contributed by atoms with Gasteiger partial charge in [-0.1, -0.05) is 41.9 Å². The third-order valence-corrected chi connectivity index (χ3v) is 3.45. The molecule has 0 aliphatic heterocycles. The molecular formula is C17H13ClNO+. The van der Waals surface area contributed by atoms with Crippen molar-refractivity contribution in [1.82, 2.24) is 0 Å². The third kappa shape index (κ3) is 2.70. The zero-order valence-electron chi connectivity index (χ0n) is 10.8. The molecule has 0 saturated heterocycles. The largest absolute Gasteiger partial charge is 0.287 e. The van der Waals surface area contributed by atoms with E-state index in [0.29, 0.717) is 17.1 Å². The summed E-state index contributed by atoms with van der Waals surface area (Å²) in [5, 5.41) is 2.87. The van der Waals surface area contributed by atoms with Crippen LogP contribution in [0.5, 0.6) is 0 Å². The molecule has 0 aliphatic rings. The lowest BCUT2D eigenvalue weighted by Crippen LogP contribution is -2.37. The average molecular weight is 283 g/mol. The summed E-state index contributed by atoms with van der Waals surface area (Å²) < 4.78 is 1.89. The van der Waals surface area contributed by atoms with Crippen LogP contribution in [0.25, 0.3) is 10.8 Å². The van der Waals surface area contributed by atoms with E-state index in [1.165, 1.54) is 5.39 Å². The summed E-state index contributed by atoms with van der Waals surface area (Å²) in [6, 6.07) is 17.1. The highest BCUT2D eigenvalue weighted by atomic mass is 35.5. The lowest BCUT2D eigenvalue weighted by molar-refractivity contribution is -0.681. The highest BCUT2D eigenvalue weighted by Crippen LogP contribution is 2.12. The zero-order valence-corrected chi connectivity index (χ0v) is 11.5. The fourth-order valence-electron chi connectivity index (χ4n) is 2.20. The Bertz CT molecular complexity index is 783.